The van der Waals surface area contributed by atoms with E-state index in [-0.39, 0.29) is 11.9 Å². The molecular weight excluding hydrogens is 456 g/mol. The highest BCUT2D eigenvalue weighted by Crippen LogP contribution is 2.46. The molecule has 1 saturated heterocycles. The molecular formula is C23H25BrN6O. The lowest BCUT2D eigenvalue weighted by Gasteiger charge is -2.21. The van der Waals surface area contributed by atoms with Crippen LogP contribution in [0.25, 0.3) is 0 Å². The largest absolute Gasteiger partial charge is 0.371 e. The molecule has 1 aliphatic heterocycles. The Morgan fingerprint density at radius 2 is 2.06 bits per heavy atom. The predicted molar refractivity (Wildman–Crippen MR) is 121 cm³/mol. The van der Waals surface area contributed by atoms with Crippen molar-refractivity contribution in [1.29, 1.82) is 0 Å². The third-order valence-electron chi connectivity index (χ3n) is 7.00. The number of amides is 1. The number of hydrogen-bond acceptors (Lipinski definition) is 4. The number of carbonyl (C=O) groups is 1. The Labute approximate surface area is 189 Å². The molecule has 0 spiro atoms. The number of nitrogens with one attached hydrogen (secondary N) is 1. The Hall–Kier alpha value is -2.61. The van der Waals surface area contributed by atoms with Gasteiger partial charge in [-0.3, -0.25) is 4.79 Å². The van der Waals surface area contributed by atoms with Gasteiger partial charge in [-0.15, -0.1) is 0 Å². The molecule has 2 unspecified atom stereocenters. The van der Waals surface area contributed by atoms with E-state index < -0.39 is 0 Å². The third-order valence-corrected chi connectivity index (χ3v) is 7.73. The fourth-order valence-electron chi connectivity index (χ4n) is 5.09. The lowest BCUT2D eigenvalue weighted by Crippen LogP contribution is -2.27. The van der Waals surface area contributed by atoms with Gasteiger partial charge in [0.2, 0.25) is 0 Å². The van der Waals surface area contributed by atoms with Gasteiger partial charge in [-0.25, -0.2) is 9.97 Å². The SMILES string of the molecule is Cn1cnc2c1CC[C@H]2NC(=O)c1cn(Cc2ccc(N3CC4CC4C3)cc2Br)cn1. The van der Waals surface area contributed by atoms with E-state index in [4.69, 9.17) is 0 Å². The van der Waals surface area contributed by atoms with Crippen LogP contribution in [-0.4, -0.2) is 38.1 Å². The number of benzene rings is 1. The van der Waals surface area contributed by atoms with Crippen molar-refractivity contribution in [2.45, 2.75) is 31.8 Å². The molecule has 1 N–H and O–H groups in total. The van der Waals surface area contributed by atoms with Crippen molar-refractivity contribution in [2.24, 2.45) is 18.9 Å². The lowest BCUT2D eigenvalue weighted by molar-refractivity contribution is 0.0931. The number of anilines is 1. The second-order valence-corrected chi connectivity index (χ2v) is 9.97. The maximum absolute atomic E-state index is 12.7. The maximum atomic E-state index is 12.7. The second-order valence-electron chi connectivity index (χ2n) is 9.12. The van der Waals surface area contributed by atoms with Gasteiger partial charge in [-0.1, -0.05) is 22.0 Å². The number of rotatable bonds is 5. The van der Waals surface area contributed by atoms with Gasteiger partial charge < -0.3 is 19.4 Å². The van der Waals surface area contributed by atoms with Crippen LogP contribution in [0.15, 0.2) is 41.5 Å². The van der Waals surface area contributed by atoms with E-state index in [2.05, 4.69) is 54.3 Å². The molecule has 3 atom stereocenters. The van der Waals surface area contributed by atoms with Crippen LogP contribution >= 0.6 is 15.9 Å². The minimum absolute atomic E-state index is 0.0350. The molecule has 0 bridgehead atoms. The van der Waals surface area contributed by atoms with Crippen molar-refractivity contribution < 1.29 is 4.79 Å². The predicted octanol–water partition coefficient (Wildman–Crippen LogP) is 3.30. The first-order valence-corrected chi connectivity index (χ1v) is 11.7. The molecule has 2 fully saturated rings. The molecule has 3 heterocycles. The third kappa shape index (κ3) is 3.46. The van der Waals surface area contributed by atoms with Crippen molar-refractivity contribution >= 4 is 27.5 Å². The summed E-state index contributed by atoms with van der Waals surface area (Å²) in [5.74, 6) is 1.69. The van der Waals surface area contributed by atoms with Crippen LogP contribution < -0.4 is 10.2 Å². The molecule has 2 aliphatic carbocycles. The van der Waals surface area contributed by atoms with Gasteiger partial charge >= 0.3 is 0 Å². The normalized spacial score (nSPS) is 23.7. The van der Waals surface area contributed by atoms with Gasteiger partial charge in [0.25, 0.3) is 5.91 Å². The molecule has 160 valence electrons. The minimum Gasteiger partial charge on any atom is -0.371 e. The number of halogens is 1. The Morgan fingerprint density at radius 1 is 1.23 bits per heavy atom. The van der Waals surface area contributed by atoms with Crippen molar-refractivity contribution in [2.75, 3.05) is 18.0 Å². The van der Waals surface area contributed by atoms with Gasteiger partial charge in [-0.2, -0.15) is 0 Å². The number of aryl methyl sites for hydroxylation is 1. The quantitative estimate of drug-likeness (QED) is 0.608. The van der Waals surface area contributed by atoms with E-state index >= 15 is 0 Å². The van der Waals surface area contributed by atoms with Crippen molar-refractivity contribution in [1.82, 2.24) is 24.4 Å². The zero-order valence-corrected chi connectivity index (χ0v) is 19.0. The zero-order chi connectivity index (χ0) is 21.1. The Balaban J connectivity index is 1.12. The zero-order valence-electron chi connectivity index (χ0n) is 17.5. The summed E-state index contributed by atoms with van der Waals surface area (Å²) in [5.41, 5.74) is 5.09. The molecule has 2 aromatic heterocycles. The van der Waals surface area contributed by atoms with Crippen LogP contribution in [0.1, 0.15) is 46.3 Å². The molecule has 3 aromatic rings. The van der Waals surface area contributed by atoms with Crippen molar-refractivity contribution in [3.8, 4) is 0 Å². The average molecular weight is 481 g/mol. The lowest BCUT2D eigenvalue weighted by atomic mass is 10.2. The first-order chi connectivity index (χ1) is 15.0. The Bertz CT molecular complexity index is 1160. The summed E-state index contributed by atoms with van der Waals surface area (Å²) in [7, 11) is 2.00. The Morgan fingerprint density at radius 3 is 2.87 bits per heavy atom. The molecule has 31 heavy (non-hydrogen) atoms. The number of hydrogen-bond donors (Lipinski definition) is 1. The second kappa shape index (κ2) is 7.22. The first kappa shape index (κ1) is 19.1. The van der Waals surface area contributed by atoms with E-state index in [0.717, 1.165) is 34.8 Å². The van der Waals surface area contributed by atoms with Gasteiger partial charge in [0.1, 0.15) is 5.69 Å². The summed E-state index contributed by atoms with van der Waals surface area (Å²) in [6.45, 7) is 3.05. The topological polar surface area (TPSA) is 68.0 Å². The summed E-state index contributed by atoms with van der Waals surface area (Å²) >= 11 is 3.74. The molecule has 8 heteroatoms. The number of aromatic nitrogens is 4. The summed E-state index contributed by atoms with van der Waals surface area (Å²) in [6.07, 6.45) is 8.59. The molecule has 7 nitrogen and oxygen atoms in total. The number of nitrogens with zero attached hydrogens (tertiary/aromatic N) is 5. The number of carbonyl (C=O) groups excluding carboxylic acids is 1. The van der Waals surface area contributed by atoms with E-state index in [9.17, 15) is 4.79 Å². The van der Waals surface area contributed by atoms with Gasteiger partial charge in [-0.05, 0) is 48.8 Å². The summed E-state index contributed by atoms with van der Waals surface area (Å²) in [6, 6.07) is 6.56. The number of piperidine rings is 1. The highest BCUT2D eigenvalue weighted by molar-refractivity contribution is 9.10. The van der Waals surface area contributed by atoms with Crippen LogP contribution in [0.2, 0.25) is 0 Å². The molecule has 3 aliphatic rings. The monoisotopic (exact) mass is 480 g/mol. The van der Waals surface area contributed by atoms with Gasteiger partial charge in [0.15, 0.2) is 0 Å². The Kier molecular flexibility index (Phi) is 4.45. The smallest absolute Gasteiger partial charge is 0.272 e. The van der Waals surface area contributed by atoms with E-state index in [1.807, 2.05) is 28.7 Å². The fourth-order valence-corrected chi connectivity index (χ4v) is 5.58. The van der Waals surface area contributed by atoms with Crippen molar-refractivity contribution in [3.05, 3.63) is 64.2 Å². The van der Waals surface area contributed by atoms with Crippen LogP contribution in [-0.2, 0) is 20.0 Å². The van der Waals surface area contributed by atoms with Crippen LogP contribution in [0.5, 0.6) is 0 Å². The van der Waals surface area contributed by atoms with Gasteiger partial charge in [0.05, 0.1) is 24.4 Å². The fraction of sp³-hybridized carbons (Fsp3) is 0.435. The molecule has 1 aromatic carbocycles. The highest BCUT2D eigenvalue weighted by Gasteiger charge is 2.45. The number of fused-ring (bicyclic) bond motifs is 2. The first-order valence-electron chi connectivity index (χ1n) is 10.9. The minimum atomic E-state index is -0.149. The average Bonchev–Trinajstić information content (AvgIpc) is 3.22. The van der Waals surface area contributed by atoms with Crippen molar-refractivity contribution in [3.63, 3.8) is 0 Å². The molecule has 1 saturated carbocycles. The van der Waals surface area contributed by atoms with E-state index in [1.165, 1.54) is 36.5 Å². The summed E-state index contributed by atoms with van der Waals surface area (Å²) in [5, 5.41) is 3.09. The molecule has 0 radical (unpaired) electrons. The summed E-state index contributed by atoms with van der Waals surface area (Å²) < 4.78 is 5.09. The maximum Gasteiger partial charge on any atom is 0.272 e. The van der Waals surface area contributed by atoms with Crippen LogP contribution in [0.4, 0.5) is 5.69 Å². The van der Waals surface area contributed by atoms with Crippen LogP contribution in [0.3, 0.4) is 0 Å². The summed E-state index contributed by atoms with van der Waals surface area (Å²) in [4.78, 5) is 24.0. The van der Waals surface area contributed by atoms with E-state index in [1.54, 1.807) is 6.33 Å². The highest BCUT2D eigenvalue weighted by atomic mass is 79.9. The molecule has 1 amide bonds. The van der Waals surface area contributed by atoms with Crippen LogP contribution in [0, 0.1) is 11.8 Å². The molecule has 6 rings (SSSR count). The standard InChI is InChI=1S/C23H25BrN6O/c1-28-12-26-22-19(4-5-21(22)28)27-23(31)20-11-29(13-25-20)8-14-2-3-17(7-18(14)24)30-9-15-6-16(15)10-30/h2-3,7,11-13,15-16,19H,4-6,8-10H2,1H3,(H,27,31)/t15?,16?,19-/m1/s1. The number of imidazole rings is 2. The van der Waals surface area contributed by atoms with E-state index in [0.29, 0.717) is 12.2 Å². The van der Waals surface area contributed by atoms with Gasteiger partial charge in [0, 0.05) is 48.7 Å².